The molecule has 0 amide bonds. The summed E-state index contributed by atoms with van der Waals surface area (Å²) in [5.41, 5.74) is 2.39. The number of aliphatic hydroxyl groups excluding tert-OH is 1. The Bertz CT molecular complexity index is 785. The quantitative estimate of drug-likeness (QED) is 0.672. The molecule has 6 nitrogen and oxygen atoms in total. The number of rotatable bonds is 5. The number of phenolic OH excluding ortho intramolecular Hbond substituents is 1. The Kier molecular flexibility index (Phi) is 3.93. The van der Waals surface area contributed by atoms with Gasteiger partial charge in [0.2, 0.25) is 0 Å². The Morgan fingerprint density at radius 1 is 1.27 bits per heavy atom. The van der Waals surface area contributed by atoms with E-state index in [1.54, 1.807) is 35.0 Å². The number of aromatic nitrogens is 3. The van der Waals surface area contributed by atoms with Gasteiger partial charge in [0.25, 0.3) is 0 Å². The number of aryl methyl sites for hydroxylation is 1. The van der Waals surface area contributed by atoms with Crippen molar-refractivity contribution >= 4 is 11.5 Å². The van der Waals surface area contributed by atoms with E-state index in [1.165, 1.54) is 0 Å². The Morgan fingerprint density at radius 2 is 2.14 bits per heavy atom. The van der Waals surface area contributed by atoms with Gasteiger partial charge in [0, 0.05) is 24.4 Å². The number of aromatic hydroxyl groups is 1. The van der Waals surface area contributed by atoms with E-state index in [-0.39, 0.29) is 5.75 Å². The average molecular weight is 298 g/mol. The molecule has 0 radical (unpaired) electrons. The zero-order valence-electron chi connectivity index (χ0n) is 12.3. The van der Waals surface area contributed by atoms with Crippen molar-refractivity contribution in [3.05, 3.63) is 53.9 Å². The van der Waals surface area contributed by atoms with Gasteiger partial charge >= 0.3 is 0 Å². The lowest BCUT2D eigenvalue weighted by Crippen LogP contribution is -2.15. The van der Waals surface area contributed by atoms with Crippen LogP contribution in [0.3, 0.4) is 0 Å². The molecule has 0 saturated heterocycles. The van der Waals surface area contributed by atoms with Gasteiger partial charge in [0.15, 0.2) is 5.65 Å². The number of nitrogens with one attached hydrogen (secondary N) is 1. The molecule has 1 atom stereocenters. The minimum atomic E-state index is -0.726. The molecule has 114 valence electrons. The topological polar surface area (TPSA) is 82.7 Å². The lowest BCUT2D eigenvalue weighted by atomic mass is 10.1. The maximum atomic E-state index is 10.2. The summed E-state index contributed by atoms with van der Waals surface area (Å²) in [6.07, 6.45) is 1.79. The fourth-order valence-electron chi connectivity index (χ4n) is 2.32. The van der Waals surface area contributed by atoms with Crippen molar-refractivity contribution in [1.82, 2.24) is 14.6 Å². The lowest BCUT2D eigenvalue weighted by molar-refractivity contribution is 0.191. The Morgan fingerprint density at radius 3 is 2.91 bits per heavy atom. The Hall–Kier alpha value is -2.60. The summed E-state index contributed by atoms with van der Waals surface area (Å²) in [7, 11) is 0. The molecule has 3 aromatic rings. The normalized spacial score (nSPS) is 12.5. The van der Waals surface area contributed by atoms with Crippen LogP contribution in [-0.4, -0.2) is 31.4 Å². The van der Waals surface area contributed by atoms with Crippen LogP contribution in [0.5, 0.6) is 5.75 Å². The molecule has 0 spiro atoms. The van der Waals surface area contributed by atoms with Gasteiger partial charge in [-0.3, -0.25) is 0 Å². The second-order valence-electron chi connectivity index (χ2n) is 5.08. The minimum absolute atomic E-state index is 0.142. The average Bonchev–Trinajstić information content (AvgIpc) is 3.00. The van der Waals surface area contributed by atoms with Crippen LogP contribution in [0.25, 0.3) is 5.65 Å². The number of hydrogen-bond acceptors (Lipinski definition) is 5. The monoisotopic (exact) mass is 298 g/mol. The van der Waals surface area contributed by atoms with E-state index in [9.17, 15) is 10.2 Å². The first-order chi connectivity index (χ1) is 10.7. The number of anilines is 1. The highest BCUT2D eigenvalue weighted by atomic mass is 16.3. The molecular weight excluding hydrogens is 280 g/mol. The number of fused-ring (bicyclic) bond motifs is 1. The Labute approximate surface area is 128 Å². The lowest BCUT2D eigenvalue weighted by Gasteiger charge is -2.14. The fourth-order valence-corrected chi connectivity index (χ4v) is 2.32. The van der Waals surface area contributed by atoms with Gasteiger partial charge in [0.1, 0.15) is 11.6 Å². The molecule has 2 aromatic heterocycles. The smallest absolute Gasteiger partial charge is 0.157 e. The first-order valence-electron chi connectivity index (χ1n) is 7.22. The molecule has 6 heteroatoms. The molecule has 22 heavy (non-hydrogen) atoms. The third-order valence-electron chi connectivity index (χ3n) is 3.51. The summed E-state index contributed by atoms with van der Waals surface area (Å²) >= 11 is 0. The van der Waals surface area contributed by atoms with Crippen molar-refractivity contribution in [2.24, 2.45) is 0 Å². The van der Waals surface area contributed by atoms with E-state index in [0.717, 1.165) is 23.6 Å². The van der Waals surface area contributed by atoms with Crippen LogP contribution in [0.1, 0.15) is 24.3 Å². The predicted octanol–water partition coefficient (Wildman–Crippen LogP) is 2.14. The van der Waals surface area contributed by atoms with Crippen molar-refractivity contribution < 1.29 is 10.2 Å². The zero-order chi connectivity index (χ0) is 15.5. The SMILES string of the molecule is CCc1cc(NC[C@@H](O)c2cccc(O)c2)n2nccc2n1. The van der Waals surface area contributed by atoms with Gasteiger partial charge in [-0.15, -0.1) is 0 Å². The van der Waals surface area contributed by atoms with Crippen molar-refractivity contribution in [3.63, 3.8) is 0 Å². The van der Waals surface area contributed by atoms with Crippen molar-refractivity contribution in [2.75, 3.05) is 11.9 Å². The van der Waals surface area contributed by atoms with Crippen LogP contribution in [-0.2, 0) is 6.42 Å². The maximum Gasteiger partial charge on any atom is 0.157 e. The molecule has 2 heterocycles. The first kappa shape index (κ1) is 14.3. The second-order valence-corrected chi connectivity index (χ2v) is 5.08. The fraction of sp³-hybridized carbons (Fsp3) is 0.250. The number of benzene rings is 1. The largest absolute Gasteiger partial charge is 0.508 e. The van der Waals surface area contributed by atoms with Crippen LogP contribution in [0.4, 0.5) is 5.82 Å². The molecule has 3 N–H and O–H groups in total. The van der Waals surface area contributed by atoms with Crippen molar-refractivity contribution in [3.8, 4) is 5.75 Å². The van der Waals surface area contributed by atoms with Crippen LogP contribution >= 0.6 is 0 Å². The molecule has 0 bridgehead atoms. The molecule has 0 saturated carbocycles. The van der Waals surface area contributed by atoms with E-state index < -0.39 is 6.10 Å². The summed E-state index contributed by atoms with van der Waals surface area (Å²) in [5, 5.41) is 27.1. The van der Waals surface area contributed by atoms with Gasteiger partial charge in [-0.25, -0.2) is 4.98 Å². The van der Waals surface area contributed by atoms with E-state index in [4.69, 9.17) is 0 Å². The highest BCUT2D eigenvalue weighted by Crippen LogP contribution is 2.19. The van der Waals surface area contributed by atoms with Gasteiger partial charge in [-0.05, 0) is 24.1 Å². The third-order valence-corrected chi connectivity index (χ3v) is 3.51. The molecule has 0 aliphatic heterocycles. The van der Waals surface area contributed by atoms with Crippen LogP contribution in [0.2, 0.25) is 0 Å². The Balaban J connectivity index is 1.80. The number of hydrogen-bond donors (Lipinski definition) is 3. The molecular formula is C16H18N4O2. The molecule has 0 aliphatic rings. The van der Waals surface area contributed by atoms with Crippen LogP contribution in [0.15, 0.2) is 42.6 Å². The molecule has 0 fully saturated rings. The number of phenols is 1. The van der Waals surface area contributed by atoms with Gasteiger partial charge in [-0.1, -0.05) is 19.1 Å². The molecule has 0 unspecified atom stereocenters. The first-order valence-corrected chi connectivity index (χ1v) is 7.22. The number of nitrogens with zero attached hydrogens (tertiary/aromatic N) is 3. The van der Waals surface area contributed by atoms with E-state index in [0.29, 0.717) is 12.1 Å². The maximum absolute atomic E-state index is 10.2. The van der Waals surface area contributed by atoms with Crippen LogP contribution < -0.4 is 5.32 Å². The van der Waals surface area contributed by atoms with E-state index in [1.807, 2.05) is 19.1 Å². The van der Waals surface area contributed by atoms with Gasteiger partial charge < -0.3 is 15.5 Å². The molecule has 1 aromatic carbocycles. The van der Waals surface area contributed by atoms with Crippen LogP contribution in [0, 0.1) is 0 Å². The second kappa shape index (κ2) is 6.03. The van der Waals surface area contributed by atoms with Crippen molar-refractivity contribution in [2.45, 2.75) is 19.4 Å². The van der Waals surface area contributed by atoms with E-state index in [2.05, 4.69) is 15.4 Å². The van der Waals surface area contributed by atoms with E-state index >= 15 is 0 Å². The summed E-state index contributed by atoms with van der Waals surface area (Å²) in [4.78, 5) is 4.48. The minimum Gasteiger partial charge on any atom is -0.508 e. The zero-order valence-corrected chi connectivity index (χ0v) is 12.3. The van der Waals surface area contributed by atoms with Gasteiger partial charge in [-0.2, -0.15) is 9.61 Å². The molecule has 3 rings (SSSR count). The summed E-state index contributed by atoms with van der Waals surface area (Å²) in [6, 6.07) is 10.4. The van der Waals surface area contributed by atoms with Gasteiger partial charge in [0.05, 0.1) is 12.3 Å². The summed E-state index contributed by atoms with van der Waals surface area (Å²) in [5.74, 6) is 0.925. The highest BCUT2D eigenvalue weighted by Gasteiger charge is 2.10. The third kappa shape index (κ3) is 2.87. The predicted molar refractivity (Wildman–Crippen MR) is 83.9 cm³/mol. The summed E-state index contributed by atoms with van der Waals surface area (Å²) in [6.45, 7) is 2.35. The van der Waals surface area contributed by atoms with Crippen molar-refractivity contribution in [1.29, 1.82) is 0 Å². The highest BCUT2D eigenvalue weighted by molar-refractivity contribution is 5.49. The molecule has 0 aliphatic carbocycles. The number of aliphatic hydroxyl groups is 1. The summed E-state index contributed by atoms with van der Waals surface area (Å²) < 4.78 is 1.70. The standard InChI is InChI=1S/C16H18N4O2/c1-2-12-9-16(20-15(19-12)6-7-18-20)17-10-14(22)11-4-3-5-13(21)8-11/h3-9,14,17,21-22H,2,10H2,1H3/t14-/m1/s1.